The first-order chi connectivity index (χ1) is 10.8. The van der Waals surface area contributed by atoms with Crippen molar-refractivity contribution in [2.45, 2.75) is 6.18 Å². The highest BCUT2D eigenvalue weighted by Crippen LogP contribution is 2.24. The van der Waals surface area contributed by atoms with Crippen molar-refractivity contribution in [2.75, 3.05) is 0 Å². The van der Waals surface area contributed by atoms with Crippen molar-refractivity contribution in [1.29, 1.82) is 0 Å². The molecule has 3 N–H and O–H groups in total. The zero-order valence-corrected chi connectivity index (χ0v) is 12.2. The summed E-state index contributed by atoms with van der Waals surface area (Å²) in [7, 11) is 0. The predicted octanol–water partition coefficient (Wildman–Crippen LogP) is 3.37. The predicted molar refractivity (Wildman–Crippen MR) is 80.0 cm³/mol. The van der Waals surface area contributed by atoms with Gasteiger partial charge in [-0.25, -0.2) is 14.8 Å². The van der Waals surface area contributed by atoms with Gasteiger partial charge in [0.25, 0.3) is 0 Å². The number of carbonyl (C=O) groups is 1. The van der Waals surface area contributed by atoms with Crippen molar-refractivity contribution < 1.29 is 23.1 Å². The van der Waals surface area contributed by atoms with Crippen LogP contribution in [0.3, 0.4) is 0 Å². The van der Waals surface area contributed by atoms with Crippen LogP contribution in [-0.2, 0) is 0 Å². The van der Waals surface area contributed by atoms with E-state index in [2.05, 4.69) is 9.98 Å². The van der Waals surface area contributed by atoms with Crippen LogP contribution in [0.5, 0.6) is 0 Å². The molecule has 0 fully saturated rings. The summed E-state index contributed by atoms with van der Waals surface area (Å²) in [6.45, 7) is 0. The first-order valence-corrected chi connectivity index (χ1v) is 7.02. The molecule has 0 atom stereocenters. The lowest BCUT2D eigenvalue weighted by molar-refractivity contribution is -0.0925. The topological polar surface area (TPSA) is 88.6 Å². The van der Waals surface area contributed by atoms with Crippen molar-refractivity contribution >= 4 is 28.1 Å². The molecule has 1 aromatic carbocycles. The number of alkyl halides is 3. The molecule has 0 bridgehead atoms. The number of allylic oxidation sites excluding steroid dienone is 2. The molecule has 0 radical (unpaired) electrons. The number of carboxylic acids is 1. The van der Waals surface area contributed by atoms with Crippen molar-refractivity contribution in [3.05, 3.63) is 58.7 Å². The van der Waals surface area contributed by atoms with Gasteiger partial charge in [0.15, 0.2) is 5.69 Å². The molecule has 5 nitrogen and oxygen atoms in total. The summed E-state index contributed by atoms with van der Waals surface area (Å²) in [6, 6.07) is 8.08. The van der Waals surface area contributed by atoms with Crippen LogP contribution >= 0.6 is 11.3 Å². The van der Waals surface area contributed by atoms with E-state index in [0.717, 1.165) is 11.3 Å². The molecule has 2 rings (SSSR count). The summed E-state index contributed by atoms with van der Waals surface area (Å²) < 4.78 is 37.9. The van der Waals surface area contributed by atoms with E-state index in [0.29, 0.717) is 11.6 Å². The Morgan fingerprint density at radius 3 is 2.48 bits per heavy atom. The van der Waals surface area contributed by atoms with Crippen LogP contribution in [0.2, 0.25) is 0 Å². The number of carboxylic acid groups (broad SMARTS) is 1. The lowest BCUT2D eigenvalue weighted by atomic mass is 10.1. The third-order valence-electron chi connectivity index (χ3n) is 2.62. The van der Waals surface area contributed by atoms with Gasteiger partial charge in [-0.2, -0.15) is 13.2 Å². The van der Waals surface area contributed by atoms with Crippen molar-refractivity contribution in [3.63, 3.8) is 0 Å². The van der Waals surface area contributed by atoms with Crippen LogP contribution in [0, 0.1) is 0 Å². The smallest absolute Gasteiger partial charge is 0.430 e. The molecule has 0 saturated carbocycles. The molecule has 0 saturated heterocycles. The van der Waals surface area contributed by atoms with E-state index in [1.807, 2.05) is 0 Å². The number of halogens is 3. The minimum atomic E-state index is -4.69. The second kappa shape index (κ2) is 6.61. The number of hydrogen-bond acceptors (Lipinski definition) is 5. The molecule has 0 amide bonds. The Bertz CT molecular complexity index is 767. The number of benzene rings is 1. The summed E-state index contributed by atoms with van der Waals surface area (Å²) in [4.78, 5) is 18.5. The number of nitrogens with two attached hydrogens (primary N) is 1. The minimum absolute atomic E-state index is 0.0208. The van der Waals surface area contributed by atoms with Gasteiger partial charge in [0.1, 0.15) is 5.70 Å². The summed E-state index contributed by atoms with van der Waals surface area (Å²) in [5.74, 6) is -1.24. The Hall–Kier alpha value is -2.68. The SMILES string of the molecule is NC(=CC(=Nc1nc(C(=O)O)cs1)c1ccccc1)C(F)(F)F. The van der Waals surface area contributed by atoms with E-state index < -0.39 is 17.8 Å². The first kappa shape index (κ1) is 16.7. The lowest BCUT2D eigenvalue weighted by Crippen LogP contribution is -2.20. The number of aliphatic imine (C=N–C) groups is 1. The maximum atomic E-state index is 12.6. The van der Waals surface area contributed by atoms with Gasteiger partial charge in [0.2, 0.25) is 5.13 Å². The fraction of sp³-hybridized carbons (Fsp3) is 0.0714. The van der Waals surface area contributed by atoms with Crippen LogP contribution in [0.25, 0.3) is 0 Å². The highest BCUT2D eigenvalue weighted by molar-refractivity contribution is 7.13. The molecule has 0 aliphatic rings. The Kier molecular flexibility index (Phi) is 4.80. The summed E-state index contributed by atoms with van der Waals surface area (Å²) in [6.07, 6.45) is -4.00. The van der Waals surface area contributed by atoms with Gasteiger partial charge in [0.05, 0.1) is 5.71 Å². The largest absolute Gasteiger partial charge is 0.476 e. The van der Waals surface area contributed by atoms with E-state index in [1.54, 1.807) is 30.3 Å². The van der Waals surface area contributed by atoms with Gasteiger partial charge in [-0.15, -0.1) is 11.3 Å². The van der Waals surface area contributed by atoms with E-state index in [1.165, 1.54) is 5.38 Å². The molecule has 1 aromatic heterocycles. The van der Waals surface area contributed by atoms with Gasteiger partial charge >= 0.3 is 12.1 Å². The Morgan fingerprint density at radius 1 is 1.30 bits per heavy atom. The van der Waals surface area contributed by atoms with Crippen LogP contribution in [0.15, 0.2) is 52.5 Å². The average molecular weight is 341 g/mol. The number of rotatable bonds is 4. The third-order valence-corrected chi connectivity index (χ3v) is 3.35. The quantitative estimate of drug-likeness (QED) is 0.835. The highest BCUT2D eigenvalue weighted by Gasteiger charge is 2.31. The maximum Gasteiger partial charge on any atom is 0.430 e. The minimum Gasteiger partial charge on any atom is -0.476 e. The molecule has 2 aromatic rings. The lowest BCUT2D eigenvalue weighted by Gasteiger charge is -2.07. The number of aromatic carboxylic acids is 1. The molecule has 0 aliphatic carbocycles. The summed E-state index contributed by atoms with van der Waals surface area (Å²) >= 11 is 0.905. The second-order valence-electron chi connectivity index (χ2n) is 4.28. The molecule has 120 valence electrons. The average Bonchev–Trinajstić information content (AvgIpc) is 2.95. The van der Waals surface area contributed by atoms with Gasteiger partial charge < -0.3 is 10.8 Å². The van der Waals surface area contributed by atoms with Gasteiger partial charge in [-0.1, -0.05) is 30.3 Å². The number of aromatic nitrogens is 1. The third kappa shape index (κ3) is 4.39. The Morgan fingerprint density at radius 2 is 1.96 bits per heavy atom. The Balaban J connectivity index is 2.49. The molecule has 0 spiro atoms. The number of nitrogens with zero attached hydrogens (tertiary/aromatic N) is 2. The standard InChI is InChI=1S/C14H10F3N3O2S/c15-14(16,17)11(18)6-9(8-4-2-1-3-5-8)19-13-20-10(7-23-13)12(21)22/h1-7H,18H2,(H,21,22). The molecule has 23 heavy (non-hydrogen) atoms. The van der Waals surface area contributed by atoms with Crippen LogP contribution < -0.4 is 5.73 Å². The van der Waals surface area contributed by atoms with Gasteiger partial charge in [-0.3, -0.25) is 0 Å². The Labute approximate surface area is 132 Å². The van der Waals surface area contributed by atoms with Gasteiger partial charge in [0, 0.05) is 10.9 Å². The normalized spacial score (nSPS) is 13.2. The van der Waals surface area contributed by atoms with Crippen LogP contribution in [0.4, 0.5) is 18.3 Å². The monoisotopic (exact) mass is 341 g/mol. The van der Waals surface area contributed by atoms with E-state index in [-0.39, 0.29) is 16.5 Å². The molecule has 1 heterocycles. The number of hydrogen-bond donors (Lipinski definition) is 2. The second-order valence-corrected chi connectivity index (χ2v) is 5.12. The van der Waals surface area contributed by atoms with E-state index >= 15 is 0 Å². The molecular formula is C14H10F3N3O2S. The maximum absolute atomic E-state index is 12.6. The van der Waals surface area contributed by atoms with Crippen LogP contribution in [-0.4, -0.2) is 27.9 Å². The zero-order chi connectivity index (χ0) is 17.0. The fourth-order valence-electron chi connectivity index (χ4n) is 1.54. The van der Waals surface area contributed by atoms with Crippen molar-refractivity contribution in [1.82, 2.24) is 4.98 Å². The first-order valence-electron chi connectivity index (χ1n) is 6.14. The summed E-state index contributed by atoms with van der Waals surface area (Å²) in [5, 5.41) is 10.1. The highest BCUT2D eigenvalue weighted by atomic mass is 32.1. The van der Waals surface area contributed by atoms with Crippen molar-refractivity contribution in [2.24, 2.45) is 10.7 Å². The fourth-order valence-corrected chi connectivity index (χ4v) is 2.21. The van der Waals surface area contributed by atoms with Gasteiger partial charge in [-0.05, 0) is 6.08 Å². The molecule has 0 unspecified atom stereocenters. The zero-order valence-electron chi connectivity index (χ0n) is 11.4. The molecular weight excluding hydrogens is 331 g/mol. The van der Waals surface area contributed by atoms with Crippen LogP contribution in [0.1, 0.15) is 16.1 Å². The molecule has 9 heteroatoms. The van der Waals surface area contributed by atoms with Crippen molar-refractivity contribution in [3.8, 4) is 0 Å². The van der Waals surface area contributed by atoms with E-state index in [4.69, 9.17) is 10.8 Å². The van der Waals surface area contributed by atoms with E-state index in [9.17, 15) is 18.0 Å². The summed E-state index contributed by atoms with van der Waals surface area (Å²) in [5.41, 5.74) is 3.83. The molecule has 0 aliphatic heterocycles. The number of thiazole rings is 1.